The highest BCUT2D eigenvalue weighted by atomic mass is 31.1. The van der Waals surface area contributed by atoms with E-state index in [1.165, 1.54) is 0 Å². The molecule has 1 N–H and O–H groups in total. The number of hydrogen-bond acceptors (Lipinski definition) is 5. The smallest absolute Gasteiger partial charge is 0.189 e. The van der Waals surface area contributed by atoms with Gasteiger partial charge < -0.3 is 24.1 Å². The molecule has 0 unspecified atom stereocenters. The highest BCUT2D eigenvalue weighted by Crippen LogP contribution is 2.41. The Morgan fingerprint density at radius 2 is 0.850 bits per heavy atom. The number of hydrogen-bond donors (Lipinski definition) is 1. The minimum absolute atomic E-state index is 0.0985. The fraction of sp³-hybridized carbons (Fsp3) is 0.118. The highest BCUT2D eigenvalue weighted by Gasteiger charge is 2.26. The molecule has 0 aliphatic carbocycles. The van der Waals surface area contributed by atoms with Crippen molar-refractivity contribution in [1.29, 1.82) is 0 Å². The third-order valence-electron chi connectivity index (χ3n) is 6.15. The second-order valence-corrected chi connectivity index (χ2v) is 11.1. The first-order chi connectivity index (χ1) is 19.8. The van der Waals surface area contributed by atoms with Crippen molar-refractivity contribution in [3.8, 4) is 17.2 Å². The fourth-order valence-electron chi connectivity index (χ4n) is 4.25. The molecule has 0 spiro atoms. The molecule has 0 radical (unpaired) electrons. The summed E-state index contributed by atoms with van der Waals surface area (Å²) in [6.45, 7) is 1.11. The summed E-state index contributed by atoms with van der Waals surface area (Å²) < 4.78 is 23.9. The van der Waals surface area contributed by atoms with Crippen molar-refractivity contribution in [2.24, 2.45) is 0 Å². The number of phenolic OH excluding ortho intramolecular Hbond substituents is 1. The van der Waals surface area contributed by atoms with Crippen LogP contribution in [0.25, 0.3) is 0 Å². The van der Waals surface area contributed by atoms with Crippen LogP contribution in [-0.4, -0.2) is 18.7 Å². The van der Waals surface area contributed by atoms with E-state index in [0.29, 0.717) is 24.7 Å². The molecular formula is C34H31O5P. The van der Waals surface area contributed by atoms with Gasteiger partial charge in [-0.3, -0.25) is 0 Å². The average molecular weight is 551 g/mol. The van der Waals surface area contributed by atoms with Crippen molar-refractivity contribution in [2.75, 3.05) is 13.6 Å². The summed E-state index contributed by atoms with van der Waals surface area (Å²) in [7, 11) is -1.25. The number of para-hydroxylation sites is 3. The molecule has 6 heteroatoms. The van der Waals surface area contributed by atoms with E-state index in [9.17, 15) is 5.11 Å². The van der Waals surface area contributed by atoms with Crippen LogP contribution in [0.3, 0.4) is 0 Å². The Hall–Kier alpha value is -4.15. The topological polar surface area (TPSA) is 57.2 Å². The molecule has 5 rings (SSSR count). The Kier molecular flexibility index (Phi) is 9.80. The van der Waals surface area contributed by atoms with E-state index >= 15 is 0 Å². The van der Waals surface area contributed by atoms with Crippen LogP contribution in [-0.2, 0) is 22.7 Å². The summed E-state index contributed by atoms with van der Waals surface area (Å²) >= 11 is 0. The zero-order valence-corrected chi connectivity index (χ0v) is 23.0. The molecule has 5 aromatic carbocycles. The van der Waals surface area contributed by atoms with Gasteiger partial charge in [-0.05, 0) is 37.2 Å². The molecule has 0 aliphatic heterocycles. The van der Waals surface area contributed by atoms with E-state index in [0.717, 1.165) is 27.0 Å². The first-order valence-corrected chi connectivity index (χ1v) is 14.4. The van der Waals surface area contributed by atoms with E-state index < -0.39 is 7.92 Å². The average Bonchev–Trinajstić information content (AvgIpc) is 3.01. The van der Waals surface area contributed by atoms with Gasteiger partial charge in [0.2, 0.25) is 0 Å². The van der Waals surface area contributed by atoms with Crippen molar-refractivity contribution in [3.05, 3.63) is 145 Å². The van der Waals surface area contributed by atoms with Gasteiger partial charge in [0.25, 0.3) is 0 Å². The Balaban J connectivity index is 1.38. The minimum Gasteiger partial charge on any atom is -0.507 e. The second kappa shape index (κ2) is 14.3. The third-order valence-corrected chi connectivity index (χ3v) is 8.72. The number of phenols is 1. The van der Waals surface area contributed by atoms with E-state index in [2.05, 4.69) is 0 Å². The largest absolute Gasteiger partial charge is 0.507 e. The number of rotatable bonds is 13. The molecule has 0 aliphatic rings. The first kappa shape index (κ1) is 27.4. The summed E-state index contributed by atoms with van der Waals surface area (Å²) in [6.07, 6.45) is 0. The highest BCUT2D eigenvalue weighted by molar-refractivity contribution is 7.80. The molecule has 0 fully saturated rings. The SMILES string of the molecule is Oc1ccccc1P(c1ccccc1OCOCc1ccccc1)c1ccccc1OCOCc1ccccc1. The Bertz CT molecular complexity index is 1390. The van der Waals surface area contributed by atoms with Gasteiger partial charge in [0.15, 0.2) is 13.6 Å². The van der Waals surface area contributed by atoms with Crippen molar-refractivity contribution in [2.45, 2.75) is 13.2 Å². The van der Waals surface area contributed by atoms with Gasteiger partial charge in [-0.25, -0.2) is 0 Å². The quantitative estimate of drug-likeness (QED) is 0.107. The summed E-state index contributed by atoms with van der Waals surface area (Å²) in [5, 5.41) is 13.7. The number of aromatic hydroxyl groups is 1. The minimum atomic E-state index is -1.25. The van der Waals surface area contributed by atoms with E-state index in [4.69, 9.17) is 18.9 Å². The van der Waals surface area contributed by atoms with Gasteiger partial charge in [-0.2, -0.15) is 0 Å². The lowest BCUT2D eigenvalue weighted by molar-refractivity contribution is 0.00562. The molecule has 5 nitrogen and oxygen atoms in total. The molecule has 0 saturated heterocycles. The lowest BCUT2D eigenvalue weighted by atomic mass is 10.2. The second-order valence-electron chi connectivity index (χ2n) is 8.95. The van der Waals surface area contributed by atoms with Gasteiger partial charge in [-0.15, -0.1) is 0 Å². The summed E-state index contributed by atoms with van der Waals surface area (Å²) in [5.74, 6) is 1.61. The van der Waals surface area contributed by atoms with Crippen LogP contribution in [0.2, 0.25) is 0 Å². The number of ether oxygens (including phenoxy) is 4. The Morgan fingerprint density at radius 1 is 0.450 bits per heavy atom. The molecule has 0 aromatic heterocycles. The molecule has 0 saturated carbocycles. The molecule has 0 atom stereocenters. The lowest BCUT2D eigenvalue weighted by Crippen LogP contribution is -2.24. The summed E-state index contributed by atoms with van der Waals surface area (Å²) in [6, 6.07) is 43.2. The lowest BCUT2D eigenvalue weighted by Gasteiger charge is -2.24. The van der Waals surface area contributed by atoms with Gasteiger partial charge in [0, 0.05) is 15.9 Å². The van der Waals surface area contributed by atoms with Gasteiger partial charge in [0.05, 0.1) is 13.2 Å². The Morgan fingerprint density at radius 3 is 1.32 bits per heavy atom. The standard InChI is InChI=1S/C34H31O5P/c35-29-17-7-10-20-32(29)40(33-21-11-8-18-30(33)38-25-36-23-27-13-3-1-4-14-27)34-22-12-9-19-31(34)39-26-37-24-28-15-5-2-6-16-28/h1-22,35H,23-26H2. The van der Waals surface area contributed by atoms with Crippen LogP contribution in [0.4, 0.5) is 0 Å². The number of benzene rings is 5. The predicted molar refractivity (Wildman–Crippen MR) is 160 cm³/mol. The monoisotopic (exact) mass is 550 g/mol. The maximum Gasteiger partial charge on any atom is 0.189 e. The molecular weight excluding hydrogens is 519 g/mol. The maximum atomic E-state index is 11.0. The molecule has 0 bridgehead atoms. The first-order valence-electron chi connectivity index (χ1n) is 13.0. The van der Waals surface area contributed by atoms with Gasteiger partial charge in [0.1, 0.15) is 17.2 Å². The molecule has 202 valence electrons. The van der Waals surface area contributed by atoms with Gasteiger partial charge >= 0.3 is 0 Å². The third kappa shape index (κ3) is 7.28. The molecule has 5 aromatic rings. The summed E-state index contributed by atoms with van der Waals surface area (Å²) in [5.41, 5.74) is 2.16. The Labute approximate surface area is 236 Å². The van der Waals surface area contributed by atoms with Crippen LogP contribution in [0.15, 0.2) is 133 Å². The van der Waals surface area contributed by atoms with Crippen molar-refractivity contribution >= 4 is 23.8 Å². The van der Waals surface area contributed by atoms with Crippen LogP contribution in [0.1, 0.15) is 11.1 Å². The van der Waals surface area contributed by atoms with Crippen LogP contribution in [0.5, 0.6) is 17.2 Å². The van der Waals surface area contributed by atoms with E-state index in [1.807, 2.05) is 127 Å². The van der Waals surface area contributed by atoms with Crippen molar-refractivity contribution in [3.63, 3.8) is 0 Å². The fourth-order valence-corrected chi connectivity index (χ4v) is 6.75. The zero-order chi connectivity index (χ0) is 27.4. The maximum absolute atomic E-state index is 11.0. The summed E-state index contributed by atoms with van der Waals surface area (Å²) in [4.78, 5) is 0. The van der Waals surface area contributed by atoms with Crippen LogP contribution < -0.4 is 25.4 Å². The van der Waals surface area contributed by atoms with Crippen LogP contribution >= 0.6 is 7.92 Å². The van der Waals surface area contributed by atoms with Crippen LogP contribution in [0, 0.1) is 0 Å². The van der Waals surface area contributed by atoms with Crippen molar-refractivity contribution < 1.29 is 24.1 Å². The van der Waals surface area contributed by atoms with E-state index in [-0.39, 0.29) is 19.3 Å². The van der Waals surface area contributed by atoms with E-state index in [1.54, 1.807) is 6.07 Å². The van der Waals surface area contributed by atoms with Crippen molar-refractivity contribution in [1.82, 2.24) is 0 Å². The zero-order valence-electron chi connectivity index (χ0n) is 22.1. The van der Waals surface area contributed by atoms with Gasteiger partial charge in [-0.1, -0.05) is 115 Å². The molecule has 40 heavy (non-hydrogen) atoms. The molecule has 0 amide bonds. The molecule has 0 heterocycles. The predicted octanol–water partition coefficient (Wildman–Crippen LogP) is 6.26. The normalized spacial score (nSPS) is 10.9.